The van der Waals surface area contributed by atoms with E-state index in [1.807, 2.05) is 12.1 Å². The molecule has 0 radical (unpaired) electrons. The zero-order chi connectivity index (χ0) is 20.7. The van der Waals surface area contributed by atoms with E-state index in [9.17, 15) is 9.59 Å². The van der Waals surface area contributed by atoms with Gasteiger partial charge < -0.3 is 15.8 Å². The molecule has 1 fully saturated rings. The quantitative estimate of drug-likeness (QED) is 0.628. The summed E-state index contributed by atoms with van der Waals surface area (Å²) < 4.78 is 6.70. The van der Waals surface area contributed by atoms with Crippen molar-refractivity contribution < 1.29 is 14.3 Å². The van der Waals surface area contributed by atoms with Gasteiger partial charge in [0.05, 0.1) is 6.42 Å². The highest BCUT2D eigenvalue weighted by Gasteiger charge is 2.33. The van der Waals surface area contributed by atoms with E-state index in [1.165, 1.54) is 12.0 Å². The number of rotatable bonds is 8. The molecule has 6 heteroatoms. The van der Waals surface area contributed by atoms with Crippen LogP contribution in [0.25, 0.3) is 0 Å². The molecule has 5 nitrogen and oxygen atoms in total. The standard InChI is InChI=1S/C23H27BrN2O3/c24-19-8-4-18(5-9-19)15-23(12-2-1-3-13-23)26-22(28)16-29-20-10-6-17(7-11-20)14-21(25)27/h4-11H,1-3,12-16H2,(H2,25,27)(H,26,28). The average molecular weight is 459 g/mol. The fourth-order valence-electron chi connectivity index (χ4n) is 3.95. The third-order valence-corrected chi connectivity index (χ3v) is 5.87. The lowest BCUT2D eigenvalue weighted by molar-refractivity contribution is -0.125. The van der Waals surface area contributed by atoms with Crippen molar-refractivity contribution in [3.63, 3.8) is 0 Å². The first-order valence-electron chi connectivity index (χ1n) is 10.00. The molecule has 2 amide bonds. The molecule has 0 atom stereocenters. The summed E-state index contributed by atoms with van der Waals surface area (Å²) in [7, 11) is 0. The molecule has 154 valence electrons. The predicted octanol–water partition coefficient (Wildman–Crippen LogP) is 3.92. The first kappa shape index (κ1) is 21.4. The molecular weight excluding hydrogens is 432 g/mol. The van der Waals surface area contributed by atoms with E-state index in [0.717, 1.165) is 42.1 Å². The summed E-state index contributed by atoms with van der Waals surface area (Å²) in [6.45, 7) is -0.0305. The second kappa shape index (κ2) is 9.92. The number of nitrogens with two attached hydrogens (primary N) is 1. The molecule has 29 heavy (non-hydrogen) atoms. The molecule has 0 aromatic heterocycles. The number of amides is 2. The van der Waals surface area contributed by atoms with Gasteiger partial charge >= 0.3 is 0 Å². The number of carbonyl (C=O) groups is 2. The molecule has 0 unspecified atom stereocenters. The van der Waals surface area contributed by atoms with Gasteiger partial charge in [0.1, 0.15) is 5.75 Å². The van der Waals surface area contributed by atoms with Gasteiger partial charge in [-0.1, -0.05) is 59.5 Å². The highest BCUT2D eigenvalue weighted by atomic mass is 79.9. The van der Waals surface area contributed by atoms with E-state index in [0.29, 0.717) is 5.75 Å². The molecule has 0 spiro atoms. The maximum Gasteiger partial charge on any atom is 0.258 e. The molecule has 0 bridgehead atoms. The maximum absolute atomic E-state index is 12.6. The van der Waals surface area contributed by atoms with Gasteiger partial charge in [-0.05, 0) is 54.7 Å². The van der Waals surface area contributed by atoms with Gasteiger partial charge in [0.25, 0.3) is 5.91 Å². The number of hydrogen-bond donors (Lipinski definition) is 2. The van der Waals surface area contributed by atoms with Crippen LogP contribution in [0.1, 0.15) is 43.2 Å². The van der Waals surface area contributed by atoms with Gasteiger partial charge in [-0.15, -0.1) is 0 Å². The lowest BCUT2D eigenvalue weighted by atomic mass is 9.77. The second-order valence-electron chi connectivity index (χ2n) is 7.77. The summed E-state index contributed by atoms with van der Waals surface area (Å²) in [6, 6.07) is 15.4. The lowest BCUT2D eigenvalue weighted by Gasteiger charge is -2.38. The molecule has 3 N–H and O–H groups in total. The van der Waals surface area contributed by atoms with Gasteiger partial charge in [-0.3, -0.25) is 9.59 Å². The molecule has 0 saturated heterocycles. The van der Waals surface area contributed by atoms with Crippen LogP contribution in [0.2, 0.25) is 0 Å². The summed E-state index contributed by atoms with van der Waals surface area (Å²) in [4.78, 5) is 23.6. The molecule has 1 aliphatic rings. The molecule has 3 rings (SSSR count). The highest BCUT2D eigenvalue weighted by molar-refractivity contribution is 9.10. The van der Waals surface area contributed by atoms with E-state index in [4.69, 9.17) is 10.5 Å². The van der Waals surface area contributed by atoms with Crippen LogP contribution in [0.15, 0.2) is 53.0 Å². The zero-order valence-electron chi connectivity index (χ0n) is 16.5. The molecule has 0 aliphatic heterocycles. The fraction of sp³-hybridized carbons (Fsp3) is 0.391. The normalized spacial score (nSPS) is 15.5. The van der Waals surface area contributed by atoms with Gasteiger partial charge in [0, 0.05) is 10.0 Å². The molecule has 1 aliphatic carbocycles. The van der Waals surface area contributed by atoms with Crippen LogP contribution in [-0.4, -0.2) is 24.0 Å². The summed E-state index contributed by atoms with van der Waals surface area (Å²) >= 11 is 3.47. The van der Waals surface area contributed by atoms with Crippen molar-refractivity contribution in [3.05, 3.63) is 64.1 Å². The van der Waals surface area contributed by atoms with Crippen LogP contribution in [0.5, 0.6) is 5.75 Å². The van der Waals surface area contributed by atoms with Crippen molar-refractivity contribution in [2.24, 2.45) is 5.73 Å². The Morgan fingerprint density at radius 2 is 1.59 bits per heavy atom. The van der Waals surface area contributed by atoms with E-state index in [2.05, 4.69) is 33.4 Å². The van der Waals surface area contributed by atoms with Crippen LogP contribution < -0.4 is 15.8 Å². The monoisotopic (exact) mass is 458 g/mol. The largest absolute Gasteiger partial charge is 0.484 e. The van der Waals surface area contributed by atoms with Gasteiger partial charge in [0.15, 0.2) is 6.61 Å². The van der Waals surface area contributed by atoms with E-state index in [-0.39, 0.29) is 30.4 Å². The van der Waals surface area contributed by atoms with Crippen LogP contribution in [0, 0.1) is 0 Å². The Kier molecular flexibility index (Phi) is 7.31. The van der Waals surface area contributed by atoms with Gasteiger partial charge in [0.2, 0.25) is 5.91 Å². The highest BCUT2D eigenvalue weighted by Crippen LogP contribution is 2.32. The SMILES string of the molecule is NC(=O)Cc1ccc(OCC(=O)NC2(Cc3ccc(Br)cc3)CCCCC2)cc1. The van der Waals surface area contributed by atoms with Gasteiger partial charge in [-0.2, -0.15) is 0 Å². The van der Waals surface area contributed by atoms with Crippen molar-refractivity contribution in [1.29, 1.82) is 0 Å². The Morgan fingerprint density at radius 3 is 2.21 bits per heavy atom. The zero-order valence-corrected chi connectivity index (χ0v) is 18.0. The Balaban J connectivity index is 1.58. The van der Waals surface area contributed by atoms with E-state index >= 15 is 0 Å². The lowest BCUT2D eigenvalue weighted by Crippen LogP contribution is -2.52. The number of nitrogens with one attached hydrogen (secondary N) is 1. The van der Waals surface area contributed by atoms with Crippen molar-refractivity contribution in [3.8, 4) is 5.75 Å². The smallest absolute Gasteiger partial charge is 0.258 e. The molecule has 0 heterocycles. The summed E-state index contributed by atoms with van der Waals surface area (Å²) in [5, 5.41) is 3.27. The van der Waals surface area contributed by atoms with Crippen LogP contribution >= 0.6 is 15.9 Å². The molecular formula is C23H27BrN2O3. The van der Waals surface area contributed by atoms with Crippen molar-refractivity contribution >= 4 is 27.7 Å². The van der Waals surface area contributed by atoms with Crippen LogP contribution in [0.3, 0.4) is 0 Å². The van der Waals surface area contributed by atoms with Crippen molar-refractivity contribution in [1.82, 2.24) is 5.32 Å². The number of benzene rings is 2. The number of hydrogen-bond acceptors (Lipinski definition) is 3. The first-order chi connectivity index (χ1) is 13.9. The topological polar surface area (TPSA) is 81.4 Å². The number of ether oxygens (including phenoxy) is 1. The fourth-order valence-corrected chi connectivity index (χ4v) is 4.22. The summed E-state index contributed by atoms with van der Waals surface area (Å²) in [6.07, 6.45) is 6.45. The van der Waals surface area contributed by atoms with Crippen molar-refractivity contribution in [2.45, 2.75) is 50.5 Å². The van der Waals surface area contributed by atoms with E-state index in [1.54, 1.807) is 24.3 Å². The molecule has 1 saturated carbocycles. The minimum Gasteiger partial charge on any atom is -0.484 e. The number of primary amides is 1. The third kappa shape index (κ3) is 6.60. The maximum atomic E-state index is 12.6. The minimum absolute atomic E-state index is 0.0305. The van der Waals surface area contributed by atoms with Crippen molar-refractivity contribution in [2.75, 3.05) is 6.61 Å². The molecule has 2 aromatic rings. The Bertz CT molecular complexity index is 828. The predicted molar refractivity (Wildman–Crippen MR) is 117 cm³/mol. The summed E-state index contributed by atoms with van der Waals surface area (Å²) in [5.41, 5.74) is 7.04. The van der Waals surface area contributed by atoms with Crippen LogP contribution in [0.4, 0.5) is 0 Å². The third-order valence-electron chi connectivity index (χ3n) is 5.34. The Hall–Kier alpha value is -2.34. The second-order valence-corrected chi connectivity index (χ2v) is 8.68. The van der Waals surface area contributed by atoms with Crippen LogP contribution in [-0.2, 0) is 22.4 Å². The Labute approximate surface area is 180 Å². The average Bonchev–Trinajstić information content (AvgIpc) is 2.69. The van der Waals surface area contributed by atoms with Gasteiger partial charge in [-0.25, -0.2) is 0 Å². The minimum atomic E-state index is -0.374. The Morgan fingerprint density at radius 1 is 0.966 bits per heavy atom. The first-order valence-corrected chi connectivity index (χ1v) is 10.8. The van der Waals surface area contributed by atoms with E-state index < -0.39 is 0 Å². The molecule has 2 aromatic carbocycles. The summed E-state index contributed by atoms with van der Waals surface area (Å²) in [5.74, 6) is 0.116. The number of carbonyl (C=O) groups excluding carboxylic acids is 2. The number of halogens is 1.